The van der Waals surface area contributed by atoms with Crippen LogP contribution in [0.2, 0.25) is 0 Å². The number of aromatic nitrogens is 3. The predicted molar refractivity (Wildman–Crippen MR) is 83.2 cm³/mol. The monoisotopic (exact) mass is 298 g/mol. The second-order valence-electron chi connectivity index (χ2n) is 4.89. The quantitative estimate of drug-likeness (QED) is 0.524. The molecule has 9 heteroatoms. The van der Waals surface area contributed by atoms with Gasteiger partial charge in [0, 0.05) is 10.8 Å². The van der Waals surface area contributed by atoms with Crippen molar-refractivity contribution in [2.45, 2.75) is 6.29 Å². The van der Waals surface area contributed by atoms with Gasteiger partial charge in [-0.3, -0.25) is 16.3 Å². The lowest BCUT2D eigenvalue weighted by atomic mass is 10.1. The van der Waals surface area contributed by atoms with Gasteiger partial charge in [-0.25, -0.2) is 15.0 Å². The van der Waals surface area contributed by atoms with Gasteiger partial charge in [-0.2, -0.15) is 5.10 Å². The van der Waals surface area contributed by atoms with Crippen molar-refractivity contribution in [2.24, 2.45) is 16.5 Å². The Hall–Kier alpha value is -3.07. The van der Waals surface area contributed by atoms with E-state index in [9.17, 15) is 0 Å². The summed E-state index contributed by atoms with van der Waals surface area (Å²) < 4.78 is 5.27. The molecule has 0 radical (unpaired) electrons. The van der Waals surface area contributed by atoms with Crippen molar-refractivity contribution < 1.29 is 4.74 Å². The van der Waals surface area contributed by atoms with E-state index in [0.717, 1.165) is 27.6 Å². The minimum atomic E-state index is -0.644. The number of H-pyrrole nitrogens is 1. The molecule has 6 N–H and O–H groups in total. The standard InChI is InChI=1S/C13H14N8O/c1-22-6-2-3-9-7(4-6)8-5-16-19-10(8)11(17-9)21-13(15)18-12(14)20-21/h2-5,13H,15H2,1H3,(H,16,19)(H3,14,18,20). The highest BCUT2D eigenvalue weighted by Crippen LogP contribution is 2.32. The van der Waals surface area contributed by atoms with Gasteiger partial charge in [0.25, 0.3) is 0 Å². The third kappa shape index (κ3) is 1.72. The minimum Gasteiger partial charge on any atom is -0.497 e. The summed E-state index contributed by atoms with van der Waals surface area (Å²) in [6.45, 7) is 0. The van der Waals surface area contributed by atoms with Gasteiger partial charge < -0.3 is 10.5 Å². The van der Waals surface area contributed by atoms with Crippen LogP contribution in [0.25, 0.3) is 21.8 Å². The van der Waals surface area contributed by atoms with Crippen LogP contribution in [0.5, 0.6) is 5.75 Å². The molecule has 4 rings (SSSR count). The fourth-order valence-electron chi connectivity index (χ4n) is 2.56. The molecule has 1 unspecified atom stereocenters. The Balaban J connectivity index is 1.97. The Labute approximate surface area is 124 Å². The van der Waals surface area contributed by atoms with Crippen molar-refractivity contribution in [3.05, 3.63) is 24.4 Å². The van der Waals surface area contributed by atoms with Crippen molar-refractivity contribution in [3.63, 3.8) is 0 Å². The molecule has 0 spiro atoms. The van der Waals surface area contributed by atoms with Gasteiger partial charge >= 0.3 is 0 Å². The zero-order valence-electron chi connectivity index (χ0n) is 11.7. The highest BCUT2D eigenvalue weighted by Gasteiger charge is 2.26. The highest BCUT2D eigenvalue weighted by molar-refractivity contribution is 6.09. The van der Waals surface area contributed by atoms with E-state index in [0.29, 0.717) is 5.82 Å². The van der Waals surface area contributed by atoms with E-state index >= 15 is 0 Å². The third-order valence-electron chi connectivity index (χ3n) is 3.58. The lowest BCUT2D eigenvalue weighted by molar-refractivity contribution is 0.415. The number of fused-ring (bicyclic) bond motifs is 3. The summed E-state index contributed by atoms with van der Waals surface area (Å²) in [5.41, 5.74) is 16.1. The summed E-state index contributed by atoms with van der Waals surface area (Å²) in [5.74, 6) is 1.59. The van der Waals surface area contributed by atoms with Gasteiger partial charge in [0.1, 0.15) is 11.3 Å². The third-order valence-corrected chi connectivity index (χ3v) is 3.58. The van der Waals surface area contributed by atoms with Crippen molar-refractivity contribution in [3.8, 4) is 5.75 Å². The van der Waals surface area contributed by atoms with Crippen LogP contribution in [0.15, 0.2) is 29.4 Å². The lowest BCUT2D eigenvalue weighted by Crippen LogP contribution is -2.47. The first-order valence-electron chi connectivity index (χ1n) is 6.63. The maximum atomic E-state index is 5.95. The molecule has 1 aliphatic rings. The molecule has 0 saturated carbocycles. The smallest absolute Gasteiger partial charge is 0.211 e. The molecule has 3 aromatic rings. The highest BCUT2D eigenvalue weighted by atomic mass is 16.5. The van der Waals surface area contributed by atoms with Crippen LogP contribution in [0.1, 0.15) is 0 Å². The maximum Gasteiger partial charge on any atom is 0.211 e. The SMILES string of the molecule is COc1ccc2nc(N3NC(N)=NC3N)c3[nH]ncc3c2c1. The first-order chi connectivity index (χ1) is 10.7. The molecule has 3 heterocycles. The molecular formula is C13H14N8O. The van der Waals surface area contributed by atoms with Crippen molar-refractivity contribution in [1.82, 2.24) is 20.6 Å². The van der Waals surface area contributed by atoms with Crippen LogP contribution in [0.4, 0.5) is 5.82 Å². The average molecular weight is 298 g/mol. The molecule has 22 heavy (non-hydrogen) atoms. The van der Waals surface area contributed by atoms with E-state index in [1.807, 2.05) is 18.2 Å². The minimum absolute atomic E-state index is 0.247. The van der Waals surface area contributed by atoms with E-state index in [2.05, 4.69) is 25.6 Å². The van der Waals surface area contributed by atoms with Gasteiger partial charge in [-0.05, 0) is 18.2 Å². The Kier molecular flexibility index (Phi) is 2.57. The number of nitrogens with two attached hydrogens (primary N) is 2. The zero-order valence-corrected chi connectivity index (χ0v) is 11.7. The fraction of sp³-hybridized carbons (Fsp3) is 0.154. The molecule has 0 bridgehead atoms. The van der Waals surface area contributed by atoms with Gasteiger partial charge in [-0.15, -0.1) is 0 Å². The second kappa shape index (κ2) is 4.46. The molecule has 9 nitrogen and oxygen atoms in total. The number of aliphatic imine (C=N–C) groups is 1. The number of ether oxygens (including phenoxy) is 1. The Morgan fingerprint density at radius 1 is 1.32 bits per heavy atom. The number of aromatic amines is 1. The topological polar surface area (TPSA) is 130 Å². The fourth-order valence-corrected chi connectivity index (χ4v) is 2.56. The first-order valence-corrected chi connectivity index (χ1v) is 6.63. The van der Waals surface area contributed by atoms with Crippen molar-refractivity contribution in [2.75, 3.05) is 12.1 Å². The molecular weight excluding hydrogens is 284 g/mol. The van der Waals surface area contributed by atoms with E-state index in [4.69, 9.17) is 16.2 Å². The van der Waals surface area contributed by atoms with E-state index < -0.39 is 6.29 Å². The summed E-state index contributed by atoms with van der Waals surface area (Å²) in [7, 11) is 1.63. The van der Waals surface area contributed by atoms with Gasteiger partial charge in [0.15, 0.2) is 12.1 Å². The number of methoxy groups -OCH3 is 1. The van der Waals surface area contributed by atoms with E-state index in [1.54, 1.807) is 18.3 Å². The molecule has 1 aliphatic heterocycles. The molecule has 2 aromatic heterocycles. The average Bonchev–Trinajstić information content (AvgIpc) is 3.12. The number of guanidine groups is 1. The molecule has 1 atom stereocenters. The number of pyridine rings is 1. The summed E-state index contributed by atoms with van der Waals surface area (Å²) in [4.78, 5) is 8.68. The van der Waals surface area contributed by atoms with Crippen molar-refractivity contribution >= 4 is 33.6 Å². The van der Waals surface area contributed by atoms with Crippen LogP contribution in [-0.4, -0.2) is 34.5 Å². The van der Waals surface area contributed by atoms with Crippen LogP contribution < -0.4 is 26.6 Å². The number of hydrogen-bond acceptors (Lipinski definition) is 8. The second-order valence-corrected chi connectivity index (χ2v) is 4.89. The van der Waals surface area contributed by atoms with E-state index in [1.165, 1.54) is 0 Å². The molecule has 0 saturated heterocycles. The zero-order chi connectivity index (χ0) is 15.3. The summed E-state index contributed by atoms with van der Waals surface area (Å²) >= 11 is 0. The van der Waals surface area contributed by atoms with Gasteiger partial charge in [-0.1, -0.05) is 0 Å². The van der Waals surface area contributed by atoms with E-state index in [-0.39, 0.29) is 5.96 Å². The molecule has 0 fully saturated rings. The van der Waals surface area contributed by atoms with Crippen LogP contribution in [-0.2, 0) is 0 Å². The number of hydrogen-bond donors (Lipinski definition) is 4. The summed E-state index contributed by atoms with van der Waals surface area (Å²) in [6.07, 6.45) is 1.10. The number of rotatable bonds is 2. The molecule has 1 aromatic carbocycles. The number of nitrogens with one attached hydrogen (secondary N) is 2. The number of benzene rings is 1. The molecule has 0 aliphatic carbocycles. The van der Waals surface area contributed by atoms with Crippen molar-refractivity contribution in [1.29, 1.82) is 0 Å². The Bertz CT molecular complexity index is 902. The summed E-state index contributed by atoms with van der Waals surface area (Å²) in [6, 6.07) is 5.66. The van der Waals surface area contributed by atoms with Crippen LogP contribution in [0.3, 0.4) is 0 Å². The molecule has 0 amide bonds. The largest absolute Gasteiger partial charge is 0.497 e. The van der Waals surface area contributed by atoms with Gasteiger partial charge in [0.2, 0.25) is 5.96 Å². The predicted octanol–water partition coefficient (Wildman–Crippen LogP) is 0.00130. The first kappa shape index (κ1) is 12.7. The number of hydrazine groups is 1. The Morgan fingerprint density at radius 3 is 2.91 bits per heavy atom. The van der Waals surface area contributed by atoms with Gasteiger partial charge in [0.05, 0.1) is 18.8 Å². The Morgan fingerprint density at radius 2 is 2.18 bits per heavy atom. The normalized spacial score (nSPS) is 17.8. The summed E-state index contributed by atoms with van der Waals surface area (Å²) in [5, 5.41) is 10.5. The maximum absolute atomic E-state index is 5.95. The van der Waals surface area contributed by atoms with Crippen LogP contribution in [0, 0.1) is 0 Å². The van der Waals surface area contributed by atoms with Crippen LogP contribution >= 0.6 is 0 Å². The number of anilines is 1. The lowest BCUT2D eigenvalue weighted by Gasteiger charge is -2.21. The molecule has 112 valence electrons. The number of nitrogens with zero attached hydrogens (tertiary/aromatic N) is 4.